The molecule has 0 atom stereocenters. The number of methoxy groups -OCH3 is 2. The zero-order chi connectivity index (χ0) is 15.9. The molecule has 0 amide bonds. The molecule has 0 unspecified atom stereocenters. The Hall–Kier alpha value is -1.46. The van der Waals surface area contributed by atoms with Crippen LogP contribution in [-0.4, -0.2) is 39.4 Å². The normalized spacial score (nSPS) is 12.2. The van der Waals surface area contributed by atoms with E-state index < -0.39 is 0 Å². The van der Waals surface area contributed by atoms with Crippen LogP contribution in [0.15, 0.2) is 23.2 Å². The minimum absolute atomic E-state index is 0.254. The van der Waals surface area contributed by atoms with Crippen molar-refractivity contribution in [2.75, 3.05) is 27.8 Å². The molecule has 1 aromatic carbocycles. The maximum Gasteiger partial charge on any atom is 0.191 e. The van der Waals surface area contributed by atoms with Gasteiger partial charge in [0.1, 0.15) is 5.75 Å². The second-order valence-corrected chi connectivity index (χ2v) is 5.64. The smallest absolute Gasteiger partial charge is 0.191 e. The molecule has 0 radical (unpaired) electrons. The van der Waals surface area contributed by atoms with Crippen molar-refractivity contribution in [3.63, 3.8) is 0 Å². The third kappa shape index (κ3) is 5.81. The Labute approximate surface area is 131 Å². The molecule has 5 nitrogen and oxygen atoms in total. The van der Waals surface area contributed by atoms with E-state index in [1.54, 1.807) is 27.3 Å². The van der Waals surface area contributed by atoms with Crippen molar-refractivity contribution < 1.29 is 9.47 Å². The number of hydrogen-bond donors (Lipinski definition) is 2. The molecule has 0 spiro atoms. The van der Waals surface area contributed by atoms with Crippen molar-refractivity contribution in [3.8, 4) is 5.75 Å². The third-order valence-electron chi connectivity index (χ3n) is 3.15. The average molecular weight is 314 g/mol. The summed E-state index contributed by atoms with van der Waals surface area (Å²) in [5.41, 5.74) is 0.756. The van der Waals surface area contributed by atoms with E-state index in [4.69, 9.17) is 21.1 Å². The van der Waals surface area contributed by atoms with Crippen molar-refractivity contribution in [3.05, 3.63) is 28.8 Å². The van der Waals surface area contributed by atoms with Crippen molar-refractivity contribution in [1.82, 2.24) is 10.6 Å². The number of benzene rings is 1. The van der Waals surface area contributed by atoms with Gasteiger partial charge in [-0.2, -0.15) is 0 Å². The molecule has 0 aromatic heterocycles. The van der Waals surface area contributed by atoms with Gasteiger partial charge in [-0.3, -0.25) is 4.99 Å². The Bertz CT molecular complexity index is 490. The van der Waals surface area contributed by atoms with Gasteiger partial charge >= 0.3 is 0 Å². The topological polar surface area (TPSA) is 54.9 Å². The van der Waals surface area contributed by atoms with Gasteiger partial charge in [0.15, 0.2) is 5.96 Å². The van der Waals surface area contributed by atoms with Crippen LogP contribution in [-0.2, 0) is 11.3 Å². The first-order chi connectivity index (χ1) is 9.91. The Morgan fingerprint density at radius 3 is 2.57 bits per heavy atom. The fraction of sp³-hybridized carbons (Fsp3) is 0.533. The summed E-state index contributed by atoms with van der Waals surface area (Å²) in [6.07, 6.45) is 0. The second kappa shape index (κ2) is 8.10. The molecule has 0 heterocycles. The van der Waals surface area contributed by atoms with Gasteiger partial charge in [0, 0.05) is 37.8 Å². The second-order valence-electron chi connectivity index (χ2n) is 5.20. The number of aliphatic imine (C=N–C) groups is 1. The number of nitrogens with zero attached hydrogens (tertiary/aromatic N) is 1. The molecule has 21 heavy (non-hydrogen) atoms. The molecule has 0 aliphatic carbocycles. The Kier molecular flexibility index (Phi) is 6.78. The van der Waals surface area contributed by atoms with Gasteiger partial charge in [-0.05, 0) is 26.0 Å². The molecule has 1 rings (SSSR count). The van der Waals surface area contributed by atoms with Gasteiger partial charge in [-0.15, -0.1) is 0 Å². The quantitative estimate of drug-likeness (QED) is 0.625. The average Bonchev–Trinajstić information content (AvgIpc) is 2.48. The monoisotopic (exact) mass is 313 g/mol. The Morgan fingerprint density at radius 1 is 1.29 bits per heavy atom. The van der Waals surface area contributed by atoms with E-state index in [1.807, 2.05) is 26.0 Å². The van der Waals surface area contributed by atoms with E-state index in [2.05, 4.69) is 15.6 Å². The van der Waals surface area contributed by atoms with Crippen LogP contribution in [0.3, 0.4) is 0 Å². The Morgan fingerprint density at radius 2 is 2.00 bits per heavy atom. The summed E-state index contributed by atoms with van der Waals surface area (Å²) < 4.78 is 10.7. The van der Waals surface area contributed by atoms with E-state index in [0.29, 0.717) is 24.1 Å². The summed E-state index contributed by atoms with van der Waals surface area (Å²) in [6.45, 7) is 5.26. The molecule has 0 fully saturated rings. The van der Waals surface area contributed by atoms with Gasteiger partial charge in [0.2, 0.25) is 0 Å². The molecule has 6 heteroatoms. The summed E-state index contributed by atoms with van der Waals surface area (Å²) in [6, 6.07) is 5.56. The molecular formula is C15H24ClN3O2. The maximum absolute atomic E-state index is 5.95. The van der Waals surface area contributed by atoms with E-state index in [-0.39, 0.29) is 5.60 Å². The first-order valence-electron chi connectivity index (χ1n) is 6.74. The molecule has 0 saturated heterocycles. The highest BCUT2D eigenvalue weighted by Crippen LogP contribution is 2.22. The zero-order valence-electron chi connectivity index (χ0n) is 13.3. The lowest BCUT2D eigenvalue weighted by Crippen LogP contribution is -2.45. The summed E-state index contributed by atoms with van der Waals surface area (Å²) >= 11 is 5.95. The van der Waals surface area contributed by atoms with Crippen molar-refractivity contribution >= 4 is 17.6 Å². The van der Waals surface area contributed by atoms with Crippen LogP contribution in [0.2, 0.25) is 5.02 Å². The van der Waals surface area contributed by atoms with E-state index >= 15 is 0 Å². The Balaban J connectivity index is 2.60. The molecule has 0 aliphatic heterocycles. The van der Waals surface area contributed by atoms with Crippen LogP contribution >= 0.6 is 11.6 Å². The first-order valence-corrected chi connectivity index (χ1v) is 7.11. The van der Waals surface area contributed by atoms with Crippen molar-refractivity contribution in [2.24, 2.45) is 4.99 Å². The van der Waals surface area contributed by atoms with Crippen molar-refractivity contribution in [2.45, 2.75) is 26.0 Å². The molecular weight excluding hydrogens is 290 g/mol. The fourth-order valence-electron chi connectivity index (χ4n) is 1.63. The van der Waals surface area contributed by atoms with Crippen LogP contribution in [0.1, 0.15) is 19.4 Å². The van der Waals surface area contributed by atoms with Crippen LogP contribution < -0.4 is 15.4 Å². The molecule has 2 N–H and O–H groups in total. The highest BCUT2D eigenvalue weighted by Gasteiger charge is 2.16. The number of ether oxygens (including phenoxy) is 2. The molecule has 118 valence electrons. The summed E-state index contributed by atoms with van der Waals surface area (Å²) in [5.74, 6) is 1.46. The minimum Gasteiger partial charge on any atom is -0.496 e. The summed E-state index contributed by atoms with van der Waals surface area (Å²) in [7, 11) is 5.05. The number of halogens is 1. The molecule has 0 bridgehead atoms. The number of guanidine groups is 1. The highest BCUT2D eigenvalue weighted by atomic mass is 35.5. The molecule has 0 aliphatic rings. The standard InChI is InChI=1S/C15H24ClN3O2/c1-15(2,21-5)10-19-14(17-3)18-9-11-6-7-12(16)8-13(11)20-4/h6-8H,9-10H2,1-5H3,(H2,17,18,19). The SMILES string of the molecule is CN=C(NCc1ccc(Cl)cc1OC)NCC(C)(C)OC. The molecule has 1 aromatic rings. The fourth-order valence-corrected chi connectivity index (χ4v) is 1.79. The third-order valence-corrected chi connectivity index (χ3v) is 3.39. The van der Waals surface area contributed by atoms with E-state index in [1.165, 1.54) is 0 Å². The maximum atomic E-state index is 5.95. The summed E-state index contributed by atoms with van der Waals surface area (Å²) in [5, 5.41) is 7.12. The van der Waals surface area contributed by atoms with Gasteiger partial charge < -0.3 is 20.1 Å². The van der Waals surface area contributed by atoms with Gasteiger partial charge in [-0.25, -0.2) is 0 Å². The highest BCUT2D eigenvalue weighted by molar-refractivity contribution is 6.30. The number of nitrogens with one attached hydrogen (secondary N) is 2. The van der Waals surface area contributed by atoms with Crippen molar-refractivity contribution in [1.29, 1.82) is 0 Å². The number of hydrogen-bond acceptors (Lipinski definition) is 3. The predicted octanol–water partition coefficient (Wildman–Crippen LogP) is 2.44. The van der Waals surface area contributed by atoms with Crippen LogP contribution in [0.5, 0.6) is 5.75 Å². The van der Waals surface area contributed by atoms with E-state index in [9.17, 15) is 0 Å². The zero-order valence-corrected chi connectivity index (χ0v) is 14.0. The molecule has 0 saturated carbocycles. The van der Waals surface area contributed by atoms with Crippen LogP contribution in [0, 0.1) is 0 Å². The summed E-state index contributed by atoms with van der Waals surface area (Å²) in [4.78, 5) is 4.19. The predicted molar refractivity (Wildman–Crippen MR) is 87.3 cm³/mol. The largest absolute Gasteiger partial charge is 0.496 e. The van der Waals surface area contributed by atoms with Gasteiger partial charge in [-0.1, -0.05) is 17.7 Å². The lowest BCUT2D eigenvalue weighted by atomic mass is 10.1. The van der Waals surface area contributed by atoms with E-state index in [0.717, 1.165) is 11.3 Å². The van der Waals surface area contributed by atoms with Gasteiger partial charge in [0.25, 0.3) is 0 Å². The number of rotatable bonds is 6. The lowest BCUT2D eigenvalue weighted by Gasteiger charge is -2.24. The van der Waals surface area contributed by atoms with Crippen LogP contribution in [0.25, 0.3) is 0 Å². The van der Waals surface area contributed by atoms with Gasteiger partial charge in [0.05, 0.1) is 12.7 Å². The minimum atomic E-state index is -0.254. The van der Waals surface area contributed by atoms with Crippen LogP contribution in [0.4, 0.5) is 0 Å². The first kappa shape index (κ1) is 17.6. The lowest BCUT2D eigenvalue weighted by molar-refractivity contribution is 0.0268.